The molecule has 0 saturated carbocycles. The molecule has 1 N–H and O–H groups in total. The van der Waals surface area contributed by atoms with Gasteiger partial charge in [-0.1, -0.05) is 190 Å². The lowest BCUT2D eigenvalue weighted by Gasteiger charge is -2.18. The van der Waals surface area contributed by atoms with Gasteiger partial charge >= 0.3 is 0 Å². The number of hydrogen-bond donors (Lipinski definition) is 1. The fourth-order valence-corrected chi connectivity index (χ4v) is 13.1. The highest BCUT2D eigenvalue weighted by molar-refractivity contribution is 14.1. The van der Waals surface area contributed by atoms with Crippen LogP contribution in [-0.2, 0) is 39.6 Å². The number of rotatable bonds is 7. The van der Waals surface area contributed by atoms with E-state index < -0.39 is 0 Å². The number of hydrogen-bond acceptors (Lipinski definition) is 10. The minimum absolute atomic E-state index is 0. The highest BCUT2D eigenvalue weighted by atomic mass is 127. The Labute approximate surface area is 682 Å². The number of fused-ring (bicyclic) bond motifs is 8. The molecule has 0 amide bonds. The molecule has 8 aromatic carbocycles. The standard InChI is InChI=1S/2C19H13Cl2N2O2.C18H10Cl2N2O2.C15H9ClO2.C3H2Cl2N2.CH3I.2HI/c2*1-22-10-23(19(21)18(22)20)9-11-6-7-14-15(8-11)17(25)13-5-3-2-4-12(13)16(14)24;19-17-18(20)22(9-21-17)8-10-5-6-13-14(7-10)16(24)12-4-2-1-3-11(12)15(13)23;16-8-9-5-6-12-13(7-9)15(18)11-4-2-1-3-10(11)14(12)17;4-2-3(5)7-1-6-2;1-2;;/h2*2-8,10H,9H2,1H3;1-7,9H,8H2;1-7H,8H2;1H,(H,6,7);1H3;2*1H/q2*+1;;;;;;/p-2. The molecule has 16 rings (SSSR count). The lowest BCUT2D eigenvalue weighted by atomic mass is 9.83. The zero-order chi connectivity index (χ0) is 72.2. The first-order valence-corrected chi connectivity index (χ1v) is 35.9. The molecule has 4 aliphatic carbocycles. The Kier molecular flexibility index (Phi) is 27.0. The van der Waals surface area contributed by atoms with Crippen LogP contribution < -0.4 is 57.1 Å². The molecular weight excluding hydrogens is 1840 g/mol. The zero-order valence-corrected chi connectivity index (χ0v) is 67.0. The third-order valence-electron chi connectivity index (χ3n) is 16.5. The van der Waals surface area contributed by atoms with Gasteiger partial charge in [0, 0.05) is 101 Å². The number of benzene rings is 8. The number of aromatic amines is 1. The summed E-state index contributed by atoms with van der Waals surface area (Å²) >= 11 is 55.2. The Morgan fingerprint density at radius 2 is 0.612 bits per heavy atom. The summed E-state index contributed by atoms with van der Waals surface area (Å²) in [5, 5.41) is 3.02. The quantitative estimate of drug-likeness (QED) is 0.0909. The van der Waals surface area contributed by atoms with Gasteiger partial charge in [-0.15, -0.1) is 11.6 Å². The van der Waals surface area contributed by atoms with E-state index in [1.807, 2.05) is 23.1 Å². The molecule has 103 heavy (non-hydrogen) atoms. The number of ketones is 8. The number of nitrogens with one attached hydrogen (secondary N) is 1. The highest BCUT2D eigenvalue weighted by Gasteiger charge is 2.34. The molecule has 522 valence electrons. The highest BCUT2D eigenvalue weighted by Crippen LogP contribution is 2.34. The van der Waals surface area contributed by atoms with Crippen molar-refractivity contribution in [1.29, 1.82) is 0 Å². The number of imidazole rings is 4. The van der Waals surface area contributed by atoms with E-state index >= 15 is 0 Å². The van der Waals surface area contributed by atoms with Crippen LogP contribution in [-0.4, -0.2) is 79.8 Å². The number of aryl methyl sites for hydroxylation is 2. The fourth-order valence-electron chi connectivity index (χ4n) is 11.6. The van der Waals surface area contributed by atoms with Crippen LogP contribution >= 0.6 is 127 Å². The van der Waals surface area contributed by atoms with Crippen molar-refractivity contribution >= 4 is 173 Å². The minimum Gasteiger partial charge on any atom is -1.00 e. The van der Waals surface area contributed by atoms with Gasteiger partial charge < -0.3 is 57.5 Å². The number of carbonyl (C=O) groups is 8. The maximum Gasteiger partial charge on any atom is 0.255 e. The zero-order valence-electron chi connectivity index (χ0n) is 53.7. The predicted octanol–water partition coefficient (Wildman–Crippen LogP) is 10.9. The first-order valence-electron chi connectivity index (χ1n) is 30.2. The van der Waals surface area contributed by atoms with Crippen LogP contribution in [0.1, 0.15) is 150 Å². The molecule has 4 aromatic heterocycles. The van der Waals surface area contributed by atoms with Crippen LogP contribution in [0, 0.1) is 0 Å². The van der Waals surface area contributed by atoms with Crippen molar-refractivity contribution in [2.45, 2.75) is 25.5 Å². The first-order chi connectivity index (χ1) is 48.5. The third kappa shape index (κ3) is 16.6. The largest absolute Gasteiger partial charge is 1.00 e. The number of alkyl halides is 2. The molecule has 0 spiro atoms. The second kappa shape index (κ2) is 34.8. The van der Waals surface area contributed by atoms with Crippen LogP contribution in [0.3, 0.4) is 0 Å². The molecular formula is C75H50Cl9I3N8O8. The fraction of sp³-hybridized carbons (Fsp3) is 0.0933. The summed E-state index contributed by atoms with van der Waals surface area (Å²) in [5.74, 6) is -0.643. The molecule has 0 atom stereocenters. The second-order valence-corrected chi connectivity index (χ2v) is 26.0. The summed E-state index contributed by atoms with van der Waals surface area (Å²) in [6.07, 6.45) is 6.54. The molecule has 12 aromatic rings. The third-order valence-corrected chi connectivity index (χ3v) is 20.2. The Bertz CT molecular complexity index is 5230. The van der Waals surface area contributed by atoms with Crippen molar-refractivity contribution in [2.24, 2.45) is 14.1 Å². The molecule has 0 radical (unpaired) electrons. The summed E-state index contributed by atoms with van der Waals surface area (Å²) in [5.41, 5.74) is 10.6. The van der Waals surface area contributed by atoms with E-state index in [-0.39, 0.29) is 99.4 Å². The van der Waals surface area contributed by atoms with E-state index in [1.54, 1.807) is 201 Å². The van der Waals surface area contributed by atoms with Crippen molar-refractivity contribution in [1.82, 2.24) is 28.7 Å². The van der Waals surface area contributed by atoms with Gasteiger partial charge in [0.15, 0.2) is 56.6 Å². The van der Waals surface area contributed by atoms with Gasteiger partial charge in [0.05, 0.1) is 26.7 Å². The number of H-pyrrole nitrogens is 1. The van der Waals surface area contributed by atoms with Gasteiger partial charge in [0.1, 0.15) is 23.4 Å². The molecule has 4 aliphatic rings. The molecule has 0 aliphatic heterocycles. The maximum absolute atomic E-state index is 12.8. The lowest BCUT2D eigenvalue weighted by Crippen LogP contribution is -3.00. The molecule has 4 heterocycles. The number of aromatic nitrogens is 8. The molecule has 28 heteroatoms. The van der Waals surface area contributed by atoms with Crippen molar-refractivity contribution < 1.29 is 95.4 Å². The van der Waals surface area contributed by atoms with Gasteiger partial charge in [-0.25, -0.2) is 28.2 Å². The van der Waals surface area contributed by atoms with E-state index in [9.17, 15) is 38.4 Å². The van der Waals surface area contributed by atoms with E-state index in [4.69, 9.17) is 104 Å². The number of nitrogens with zero attached hydrogens (tertiary/aromatic N) is 7. The average molecular weight is 1890 g/mol. The van der Waals surface area contributed by atoms with Gasteiger partial charge in [-0.3, -0.25) is 38.4 Å². The summed E-state index contributed by atoms with van der Waals surface area (Å²) in [6.45, 7) is 1.32. The molecule has 16 nitrogen and oxygen atoms in total. The Balaban J connectivity index is 0.000000153. The number of carbonyl (C=O) groups excluding carboxylic acids is 8. The monoisotopic (exact) mass is 1890 g/mol. The molecule has 0 bridgehead atoms. The Morgan fingerprint density at radius 3 is 0.835 bits per heavy atom. The maximum atomic E-state index is 12.8. The SMILES string of the molecule is CI.C[n+]1cn(Cc2ccc3c(c2)C(=O)c2ccccc2C3=O)c(Cl)c1Cl.C[n+]1cn(Cc2ccc3c(c2)C(=O)c2ccccc2C3=O)c(Cl)c1Cl.Clc1nc[nH]c1Cl.O=C1c2ccccc2C(=O)c2cc(CCl)ccc21.O=C1c2ccccc2C(=O)c2cc(Cn3cnc(Cl)c3Cl)ccc21.[I-].[I-]. The van der Waals surface area contributed by atoms with Crippen LogP contribution in [0.25, 0.3) is 0 Å². The second-order valence-electron chi connectivity index (χ2n) is 22.8. The topological polar surface area (TPSA) is 201 Å². The smallest absolute Gasteiger partial charge is 0.255 e. The average Bonchev–Trinajstić information content (AvgIpc) is 1.72. The molecule has 0 saturated heterocycles. The van der Waals surface area contributed by atoms with E-state index in [0.29, 0.717) is 151 Å². The Morgan fingerprint density at radius 1 is 0.350 bits per heavy atom. The van der Waals surface area contributed by atoms with Crippen LogP contribution in [0.15, 0.2) is 195 Å². The molecule has 0 fully saturated rings. The summed E-state index contributed by atoms with van der Waals surface area (Å²) in [6, 6.07) is 48.6. The molecule has 0 unspecified atom stereocenters. The van der Waals surface area contributed by atoms with Crippen molar-refractivity contribution in [3.05, 3.63) is 348 Å². The normalized spacial score (nSPS) is 12.3. The van der Waals surface area contributed by atoms with Gasteiger partial charge in [0.25, 0.3) is 20.6 Å². The summed E-state index contributed by atoms with van der Waals surface area (Å²) in [7, 11) is 3.60. The van der Waals surface area contributed by atoms with E-state index in [1.165, 1.54) is 12.7 Å². The van der Waals surface area contributed by atoms with Crippen LogP contribution in [0.5, 0.6) is 0 Å². The van der Waals surface area contributed by atoms with E-state index in [0.717, 1.165) is 22.3 Å². The predicted molar refractivity (Wildman–Crippen MR) is 398 cm³/mol. The first kappa shape index (κ1) is 79.9. The van der Waals surface area contributed by atoms with Crippen molar-refractivity contribution in [3.8, 4) is 0 Å². The summed E-state index contributed by atoms with van der Waals surface area (Å²) < 4.78 is 8.68. The van der Waals surface area contributed by atoms with Crippen molar-refractivity contribution in [2.75, 3.05) is 4.93 Å². The van der Waals surface area contributed by atoms with Crippen LogP contribution in [0.2, 0.25) is 41.2 Å². The van der Waals surface area contributed by atoms with Crippen molar-refractivity contribution in [3.63, 3.8) is 0 Å². The van der Waals surface area contributed by atoms with Gasteiger partial charge in [-0.2, -0.15) is 0 Å². The minimum atomic E-state index is -0.142. The lowest BCUT2D eigenvalue weighted by molar-refractivity contribution is -0.668. The van der Waals surface area contributed by atoms with Crippen LogP contribution in [0.4, 0.5) is 0 Å². The van der Waals surface area contributed by atoms with Gasteiger partial charge in [-0.05, 0) is 122 Å². The summed E-state index contributed by atoms with van der Waals surface area (Å²) in [4.78, 5) is 113. The van der Waals surface area contributed by atoms with Gasteiger partial charge in [0.2, 0.25) is 12.7 Å². The number of halogens is 12. The van der Waals surface area contributed by atoms with E-state index in [2.05, 4.69) is 37.5 Å². The Hall–Kier alpha value is -7.24.